The van der Waals surface area contributed by atoms with Crippen molar-refractivity contribution >= 4 is 5.97 Å². The molecule has 0 unspecified atom stereocenters. The molecule has 0 aliphatic rings. The van der Waals surface area contributed by atoms with Crippen LogP contribution in [0.15, 0.2) is 23.8 Å². The van der Waals surface area contributed by atoms with Gasteiger partial charge >= 0.3 is 5.97 Å². The van der Waals surface area contributed by atoms with Crippen LogP contribution in [0.2, 0.25) is 0 Å². The van der Waals surface area contributed by atoms with Gasteiger partial charge < -0.3 is 5.11 Å². The number of hydrogen-bond acceptors (Lipinski definition) is 1. The lowest BCUT2D eigenvalue weighted by Crippen LogP contribution is -1.94. The van der Waals surface area contributed by atoms with Gasteiger partial charge in [0.05, 0.1) is 0 Å². The van der Waals surface area contributed by atoms with Gasteiger partial charge in [-0.3, -0.25) is 0 Å². The Bertz CT molecular complexity index is 316. The minimum atomic E-state index is -0.838. The first-order valence-electron chi connectivity index (χ1n) is 9.25. The molecule has 0 spiro atoms. The van der Waals surface area contributed by atoms with Gasteiger partial charge in [-0.2, -0.15) is 0 Å². The number of carboxylic acid groups (broad SMARTS) is 1. The zero-order valence-electron chi connectivity index (χ0n) is 14.8. The molecule has 0 aromatic heterocycles. The molecule has 0 heterocycles. The summed E-state index contributed by atoms with van der Waals surface area (Å²) in [6.45, 7) is 3.89. The van der Waals surface area contributed by atoms with Crippen LogP contribution in [0.3, 0.4) is 0 Å². The van der Waals surface area contributed by atoms with Gasteiger partial charge in [0.2, 0.25) is 0 Å². The fraction of sp³-hybridized carbons (Fsp3) is 0.750. The Hall–Kier alpha value is -1.05. The Kier molecular flexibility index (Phi) is 15.5. The molecule has 0 aliphatic heterocycles. The third kappa shape index (κ3) is 15.3. The monoisotopic (exact) mass is 308 g/mol. The number of carbonyl (C=O) groups is 1. The van der Waals surface area contributed by atoms with Crippen molar-refractivity contribution < 1.29 is 9.90 Å². The molecule has 1 N–H and O–H groups in total. The number of aliphatic carboxylic acids is 1. The van der Waals surface area contributed by atoms with Crippen LogP contribution in [0.25, 0.3) is 0 Å². The van der Waals surface area contributed by atoms with E-state index in [4.69, 9.17) is 5.11 Å². The summed E-state index contributed by atoms with van der Waals surface area (Å²) in [4.78, 5) is 10.6. The fourth-order valence-corrected chi connectivity index (χ4v) is 2.48. The Morgan fingerprint density at radius 2 is 1.27 bits per heavy atom. The first kappa shape index (κ1) is 20.9. The van der Waals surface area contributed by atoms with Crippen LogP contribution in [-0.2, 0) is 4.79 Å². The number of rotatable bonds is 15. The summed E-state index contributed by atoms with van der Waals surface area (Å²) >= 11 is 0. The number of unbranched alkanes of at least 4 members (excludes halogenated alkanes) is 12. The minimum Gasteiger partial charge on any atom is -0.478 e. The minimum absolute atomic E-state index is 0.394. The third-order valence-corrected chi connectivity index (χ3v) is 4.04. The predicted molar refractivity (Wildman–Crippen MR) is 96.2 cm³/mol. The third-order valence-electron chi connectivity index (χ3n) is 4.04. The molecule has 0 bridgehead atoms. The van der Waals surface area contributed by atoms with Crippen LogP contribution in [-0.4, -0.2) is 11.1 Å². The van der Waals surface area contributed by atoms with Gasteiger partial charge in [0.1, 0.15) is 0 Å². The summed E-state index contributed by atoms with van der Waals surface area (Å²) in [6, 6.07) is 0. The lowest BCUT2D eigenvalue weighted by molar-refractivity contribution is -0.132. The maximum absolute atomic E-state index is 10.6. The van der Waals surface area contributed by atoms with E-state index in [1.807, 2.05) is 6.08 Å². The van der Waals surface area contributed by atoms with Gasteiger partial charge in [0, 0.05) is 5.57 Å². The van der Waals surface area contributed by atoms with E-state index >= 15 is 0 Å². The molecule has 128 valence electrons. The summed E-state index contributed by atoms with van der Waals surface area (Å²) in [5, 5.41) is 8.70. The van der Waals surface area contributed by atoms with Crippen LogP contribution >= 0.6 is 0 Å². The van der Waals surface area contributed by atoms with E-state index in [1.165, 1.54) is 77.0 Å². The van der Waals surface area contributed by atoms with Crippen molar-refractivity contribution in [3.63, 3.8) is 0 Å². The zero-order chi connectivity index (χ0) is 16.5. The molecule has 0 amide bonds. The van der Waals surface area contributed by atoms with Crippen molar-refractivity contribution in [3.05, 3.63) is 23.8 Å². The largest absolute Gasteiger partial charge is 0.478 e. The standard InChI is InChI=1S/C20H36O2/c1-3-4-5-6-7-8-9-10-11-12-13-14-15-16-17-18-19(2)20(21)22/h16-18H,3-15H2,1-2H3,(H,21,22). The van der Waals surface area contributed by atoms with E-state index in [1.54, 1.807) is 13.0 Å². The van der Waals surface area contributed by atoms with Crippen molar-refractivity contribution in [2.75, 3.05) is 0 Å². The molecule has 0 saturated carbocycles. The van der Waals surface area contributed by atoms with Gasteiger partial charge in [0.25, 0.3) is 0 Å². The second-order valence-electron chi connectivity index (χ2n) is 6.26. The highest BCUT2D eigenvalue weighted by Gasteiger charge is 1.95. The second kappa shape index (κ2) is 16.3. The number of hydrogen-bond donors (Lipinski definition) is 1. The molecule has 2 nitrogen and oxygen atoms in total. The molecule has 0 atom stereocenters. The topological polar surface area (TPSA) is 37.3 Å². The molecule has 2 heteroatoms. The van der Waals surface area contributed by atoms with Crippen LogP contribution in [0.5, 0.6) is 0 Å². The average Bonchev–Trinajstić information content (AvgIpc) is 2.50. The van der Waals surface area contributed by atoms with Crippen molar-refractivity contribution in [1.29, 1.82) is 0 Å². The van der Waals surface area contributed by atoms with Crippen LogP contribution in [0.4, 0.5) is 0 Å². The average molecular weight is 309 g/mol. The Morgan fingerprint density at radius 3 is 1.73 bits per heavy atom. The molecule has 0 aromatic carbocycles. The van der Waals surface area contributed by atoms with E-state index in [-0.39, 0.29) is 0 Å². The first-order chi connectivity index (χ1) is 10.7. The highest BCUT2D eigenvalue weighted by molar-refractivity contribution is 5.86. The Labute approximate surface area is 137 Å². The predicted octanol–water partition coefficient (Wildman–Crippen LogP) is 6.66. The highest BCUT2D eigenvalue weighted by atomic mass is 16.4. The van der Waals surface area contributed by atoms with Crippen molar-refractivity contribution in [2.45, 2.75) is 97.3 Å². The maximum Gasteiger partial charge on any atom is 0.331 e. The van der Waals surface area contributed by atoms with Crippen LogP contribution in [0.1, 0.15) is 97.3 Å². The Morgan fingerprint density at radius 1 is 0.818 bits per heavy atom. The van der Waals surface area contributed by atoms with E-state index in [0.29, 0.717) is 5.57 Å². The van der Waals surface area contributed by atoms with Crippen molar-refractivity contribution in [1.82, 2.24) is 0 Å². The fourth-order valence-electron chi connectivity index (χ4n) is 2.48. The SMILES string of the molecule is CCCCCCCCCCCCCCC=CC=C(C)C(=O)O. The van der Waals surface area contributed by atoms with E-state index < -0.39 is 5.97 Å². The summed E-state index contributed by atoms with van der Waals surface area (Å²) in [7, 11) is 0. The molecule has 0 radical (unpaired) electrons. The number of carboxylic acids is 1. The van der Waals surface area contributed by atoms with Crippen molar-refractivity contribution in [3.8, 4) is 0 Å². The maximum atomic E-state index is 10.6. The highest BCUT2D eigenvalue weighted by Crippen LogP contribution is 2.12. The van der Waals surface area contributed by atoms with Crippen LogP contribution < -0.4 is 0 Å². The molecular weight excluding hydrogens is 272 g/mol. The lowest BCUT2D eigenvalue weighted by Gasteiger charge is -2.02. The Balaban J connectivity index is 3.22. The normalized spacial score (nSPS) is 12.2. The van der Waals surface area contributed by atoms with Crippen molar-refractivity contribution in [2.24, 2.45) is 0 Å². The summed E-state index contributed by atoms with van der Waals surface area (Å²) < 4.78 is 0. The molecule has 22 heavy (non-hydrogen) atoms. The molecule has 0 rings (SSSR count). The van der Waals surface area contributed by atoms with E-state index in [2.05, 4.69) is 13.0 Å². The summed E-state index contributed by atoms with van der Waals surface area (Å²) in [6.07, 6.45) is 23.1. The molecular formula is C20H36O2. The first-order valence-corrected chi connectivity index (χ1v) is 9.25. The number of allylic oxidation sites excluding steroid dienone is 3. The second-order valence-corrected chi connectivity index (χ2v) is 6.26. The van der Waals surface area contributed by atoms with Gasteiger partial charge in [-0.1, -0.05) is 95.8 Å². The smallest absolute Gasteiger partial charge is 0.331 e. The van der Waals surface area contributed by atoms with Gasteiger partial charge in [-0.25, -0.2) is 4.79 Å². The van der Waals surface area contributed by atoms with E-state index in [9.17, 15) is 4.79 Å². The molecule has 0 saturated heterocycles. The lowest BCUT2D eigenvalue weighted by atomic mass is 10.0. The van der Waals surface area contributed by atoms with Gasteiger partial charge in [-0.05, 0) is 19.8 Å². The quantitative estimate of drug-likeness (QED) is 0.208. The van der Waals surface area contributed by atoms with Gasteiger partial charge in [-0.15, -0.1) is 0 Å². The van der Waals surface area contributed by atoms with E-state index in [0.717, 1.165) is 6.42 Å². The molecule has 0 aromatic rings. The summed E-state index contributed by atoms with van der Waals surface area (Å²) in [5.41, 5.74) is 0.394. The zero-order valence-corrected chi connectivity index (χ0v) is 14.8. The van der Waals surface area contributed by atoms with Gasteiger partial charge in [0.15, 0.2) is 0 Å². The molecule has 0 aliphatic carbocycles. The molecule has 0 fully saturated rings. The van der Waals surface area contributed by atoms with Crippen LogP contribution in [0, 0.1) is 0 Å². The summed E-state index contributed by atoms with van der Waals surface area (Å²) in [5.74, 6) is -0.838.